The molecule has 2 heterocycles. The fourth-order valence-electron chi connectivity index (χ4n) is 1.58. The third kappa shape index (κ3) is 3.75. The van der Waals surface area contributed by atoms with Crippen LogP contribution in [-0.4, -0.2) is 22.4 Å². The molecule has 0 bridgehead atoms. The van der Waals surface area contributed by atoms with E-state index in [4.69, 9.17) is 0 Å². The van der Waals surface area contributed by atoms with Gasteiger partial charge in [0.15, 0.2) is 0 Å². The molecule has 0 aliphatic rings. The van der Waals surface area contributed by atoms with E-state index >= 15 is 0 Å². The normalized spacial score (nSPS) is 10.2. The number of nitrogens with one attached hydrogen (secondary N) is 2. The second-order valence-electron chi connectivity index (χ2n) is 4.01. The molecular formula is C13H16N4OS. The third-order valence-corrected chi connectivity index (χ3v) is 3.44. The maximum atomic E-state index is 11.9. The van der Waals surface area contributed by atoms with Crippen molar-refractivity contribution in [1.82, 2.24) is 15.3 Å². The number of carbonyl (C=O) groups excluding carboxylic acids is 1. The second-order valence-corrected chi connectivity index (χ2v) is 5.39. The Hall–Kier alpha value is -1.95. The van der Waals surface area contributed by atoms with E-state index in [0.717, 1.165) is 11.4 Å². The van der Waals surface area contributed by atoms with E-state index in [1.807, 2.05) is 26.0 Å². The number of rotatable bonds is 5. The lowest BCUT2D eigenvalue weighted by molar-refractivity contribution is 0.0946. The van der Waals surface area contributed by atoms with Crippen molar-refractivity contribution in [2.24, 2.45) is 0 Å². The zero-order valence-corrected chi connectivity index (χ0v) is 11.8. The molecule has 0 aromatic carbocycles. The zero-order chi connectivity index (χ0) is 13.7. The number of carbonyl (C=O) groups is 1. The maximum Gasteiger partial charge on any atom is 0.271 e. The number of anilines is 1. The predicted molar refractivity (Wildman–Crippen MR) is 76.4 cm³/mol. The molecule has 0 spiro atoms. The lowest BCUT2D eigenvalue weighted by Crippen LogP contribution is -2.23. The van der Waals surface area contributed by atoms with Gasteiger partial charge in [0.25, 0.3) is 5.91 Å². The van der Waals surface area contributed by atoms with Crippen molar-refractivity contribution in [3.05, 3.63) is 40.0 Å². The molecule has 2 rings (SSSR count). The van der Waals surface area contributed by atoms with Gasteiger partial charge in [0.05, 0.1) is 18.9 Å². The summed E-state index contributed by atoms with van der Waals surface area (Å²) in [7, 11) is 0. The van der Waals surface area contributed by atoms with Gasteiger partial charge in [-0.15, -0.1) is 11.3 Å². The molecule has 0 saturated heterocycles. The molecule has 5 nitrogen and oxygen atoms in total. The van der Waals surface area contributed by atoms with Crippen molar-refractivity contribution in [2.75, 3.05) is 11.9 Å². The van der Waals surface area contributed by atoms with Crippen molar-refractivity contribution < 1.29 is 4.79 Å². The fourth-order valence-corrected chi connectivity index (χ4v) is 2.41. The molecule has 19 heavy (non-hydrogen) atoms. The van der Waals surface area contributed by atoms with E-state index in [0.29, 0.717) is 18.1 Å². The minimum absolute atomic E-state index is 0.210. The van der Waals surface area contributed by atoms with Crippen molar-refractivity contribution in [2.45, 2.75) is 20.4 Å². The molecule has 0 aliphatic carbocycles. The minimum atomic E-state index is -0.210. The molecule has 0 atom stereocenters. The maximum absolute atomic E-state index is 11.9. The van der Waals surface area contributed by atoms with Gasteiger partial charge in [0.1, 0.15) is 11.5 Å². The van der Waals surface area contributed by atoms with Crippen molar-refractivity contribution in [1.29, 1.82) is 0 Å². The van der Waals surface area contributed by atoms with Crippen LogP contribution in [0.3, 0.4) is 0 Å². The highest BCUT2D eigenvalue weighted by Gasteiger charge is 2.08. The van der Waals surface area contributed by atoms with E-state index in [-0.39, 0.29) is 5.91 Å². The number of nitrogens with zero attached hydrogens (tertiary/aromatic N) is 2. The Morgan fingerprint density at radius 1 is 1.37 bits per heavy atom. The summed E-state index contributed by atoms with van der Waals surface area (Å²) in [6.07, 6.45) is 3.07. The summed E-state index contributed by atoms with van der Waals surface area (Å²) in [4.78, 5) is 22.5. The Balaban J connectivity index is 1.97. The number of aromatic nitrogens is 2. The highest BCUT2D eigenvalue weighted by molar-refractivity contribution is 7.11. The first-order chi connectivity index (χ1) is 9.19. The van der Waals surface area contributed by atoms with Gasteiger partial charge in [0, 0.05) is 16.3 Å². The van der Waals surface area contributed by atoms with Crippen molar-refractivity contribution >= 4 is 23.1 Å². The molecule has 1 amide bonds. The van der Waals surface area contributed by atoms with Gasteiger partial charge in [-0.25, -0.2) is 4.98 Å². The average Bonchev–Trinajstić information content (AvgIpc) is 2.82. The Labute approximate surface area is 116 Å². The van der Waals surface area contributed by atoms with Crippen LogP contribution < -0.4 is 10.6 Å². The minimum Gasteiger partial charge on any atom is -0.369 e. The number of thiophene rings is 1. The topological polar surface area (TPSA) is 66.9 Å². The van der Waals surface area contributed by atoms with Gasteiger partial charge in [-0.3, -0.25) is 9.78 Å². The summed E-state index contributed by atoms with van der Waals surface area (Å²) in [5.74, 6) is 0.403. The molecule has 2 N–H and O–H groups in total. The summed E-state index contributed by atoms with van der Waals surface area (Å²) in [5, 5.41) is 5.87. The summed E-state index contributed by atoms with van der Waals surface area (Å²) in [6.45, 7) is 5.27. The lowest BCUT2D eigenvalue weighted by atomic mass is 10.4. The highest BCUT2D eigenvalue weighted by atomic mass is 32.1. The second kappa shape index (κ2) is 6.29. The summed E-state index contributed by atoms with van der Waals surface area (Å²) >= 11 is 1.67. The smallest absolute Gasteiger partial charge is 0.271 e. The van der Waals surface area contributed by atoms with Gasteiger partial charge >= 0.3 is 0 Å². The molecule has 0 radical (unpaired) electrons. The Morgan fingerprint density at radius 3 is 2.89 bits per heavy atom. The van der Waals surface area contributed by atoms with Gasteiger partial charge in [-0.05, 0) is 26.0 Å². The zero-order valence-electron chi connectivity index (χ0n) is 10.9. The first kappa shape index (κ1) is 13.5. The van der Waals surface area contributed by atoms with Crippen LogP contribution in [0.5, 0.6) is 0 Å². The lowest BCUT2D eigenvalue weighted by Gasteiger charge is -2.05. The molecular weight excluding hydrogens is 260 g/mol. The summed E-state index contributed by atoms with van der Waals surface area (Å²) in [5.41, 5.74) is 0.326. The van der Waals surface area contributed by atoms with Gasteiger partial charge < -0.3 is 10.6 Å². The molecule has 2 aromatic rings. The van der Waals surface area contributed by atoms with E-state index in [9.17, 15) is 4.79 Å². The first-order valence-corrected chi connectivity index (χ1v) is 6.90. The molecule has 0 fully saturated rings. The Bertz CT molecular complexity index is 567. The van der Waals surface area contributed by atoms with Crippen LogP contribution in [0.1, 0.15) is 27.2 Å². The average molecular weight is 276 g/mol. The SMILES string of the molecule is CCNc1cncc(C(=O)NCc2ccc(C)s2)n1. The number of hydrogen-bond acceptors (Lipinski definition) is 5. The summed E-state index contributed by atoms with van der Waals surface area (Å²) < 4.78 is 0. The number of aryl methyl sites for hydroxylation is 1. The summed E-state index contributed by atoms with van der Waals surface area (Å²) in [6, 6.07) is 4.05. The van der Waals surface area contributed by atoms with E-state index < -0.39 is 0 Å². The standard InChI is InChI=1S/C13H16N4OS/c1-3-15-12-8-14-7-11(17-12)13(18)16-6-10-5-4-9(2)19-10/h4-5,7-8H,3,6H2,1-2H3,(H,15,17)(H,16,18). The Kier molecular flexibility index (Phi) is 4.46. The predicted octanol–water partition coefficient (Wildman–Crippen LogP) is 2.21. The monoisotopic (exact) mass is 276 g/mol. The molecule has 2 aromatic heterocycles. The van der Waals surface area contributed by atoms with Crippen LogP contribution in [0.15, 0.2) is 24.5 Å². The van der Waals surface area contributed by atoms with Crippen LogP contribution in [0, 0.1) is 6.92 Å². The Morgan fingerprint density at radius 2 is 2.21 bits per heavy atom. The van der Waals surface area contributed by atoms with Crippen LogP contribution in [0.25, 0.3) is 0 Å². The largest absolute Gasteiger partial charge is 0.369 e. The van der Waals surface area contributed by atoms with Crippen LogP contribution in [0.4, 0.5) is 5.82 Å². The molecule has 0 unspecified atom stereocenters. The van der Waals surface area contributed by atoms with Crippen LogP contribution >= 0.6 is 11.3 Å². The first-order valence-electron chi connectivity index (χ1n) is 6.08. The van der Waals surface area contributed by atoms with Crippen LogP contribution in [0.2, 0.25) is 0 Å². The quantitative estimate of drug-likeness (QED) is 0.878. The van der Waals surface area contributed by atoms with Gasteiger partial charge in [0.2, 0.25) is 0 Å². The van der Waals surface area contributed by atoms with Crippen molar-refractivity contribution in [3.63, 3.8) is 0 Å². The van der Waals surface area contributed by atoms with E-state index in [1.54, 1.807) is 17.5 Å². The van der Waals surface area contributed by atoms with Gasteiger partial charge in [-0.2, -0.15) is 0 Å². The van der Waals surface area contributed by atoms with Crippen LogP contribution in [-0.2, 0) is 6.54 Å². The molecule has 6 heteroatoms. The van der Waals surface area contributed by atoms with Crippen molar-refractivity contribution in [3.8, 4) is 0 Å². The molecule has 0 saturated carbocycles. The van der Waals surface area contributed by atoms with Gasteiger partial charge in [-0.1, -0.05) is 0 Å². The molecule has 100 valence electrons. The highest BCUT2D eigenvalue weighted by Crippen LogP contribution is 2.14. The molecule has 0 aliphatic heterocycles. The van der Waals surface area contributed by atoms with E-state index in [2.05, 4.69) is 20.6 Å². The van der Waals surface area contributed by atoms with E-state index in [1.165, 1.54) is 11.1 Å². The fraction of sp³-hybridized carbons (Fsp3) is 0.308. The number of amides is 1. The third-order valence-electron chi connectivity index (χ3n) is 2.44. The number of hydrogen-bond donors (Lipinski definition) is 2.